The molecule has 0 N–H and O–H groups in total. The van der Waals surface area contributed by atoms with Crippen LogP contribution in [0.25, 0.3) is 0 Å². The number of hydrogen-bond donors (Lipinski definition) is 0. The molecule has 2 aromatic rings. The molecule has 0 aliphatic carbocycles. The molecule has 0 atom stereocenters. The first kappa shape index (κ1) is 14.1. The van der Waals surface area contributed by atoms with Gasteiger partial charge in [0.15, 0.2) is 0 Å². The quantitative estimate of drug-likeness (QED) is 0.871. The summed E-state index contributed by atoms with van der Waals surface area (Å²) in [7, 11) is 2.12. The minimum Gasteiger partial charge on any atom is -0.357 e. The molecule has 2 aromatic heterocycles. The largest absolute Gasteiger partial charge is 0.357 e. The van der Waals surface area contributed by atoms with Gasteiger partial charge < -0.3 is 9.80 Å². The van der Waals surface area contributed by atoms with Crippen molar-refractivity contribution in [1.82, 2.24) is 9.97 Å². The van der Waals surface area contributed by atoms with Gasteiger partial charge in [0.05, 0.1) is 5.02 Å². The molecule has 0 saturated carbocycles. The van der Waals surface area contributed by atoms with Crippen LogP contribution < -0.4 is 9.80 Å². The maximum atomic E-state index is 6.23. The molecule has 3 rings (SSSR count). The van der Waals surface area contributed by atoms with Crippen LogP contribution in [0.1, 0.15) is 12.8 Å². The van der Waals surface area contributed by atoms with Crippen molar-refractivity contribution in [3.8, 4) is 0 Å². The van der Waals surface area contributed by atoms with E-state index in [1.165, 1.54) is 0 Å². The van der Waals surface area contributed by atoms with E-state index >= 15 is 0 Å². The Morgan fingerprint density at radius 2 is 1.86 bits per heavy atom. The molecule has 0 radical (unpaired) electrons. The molecule has 1 saturated heterocycles. The molecule has 1 fully saturated rings. The number of pyridine rings is 2. The van der Waals surface area contributed by atoms with Crippen LogP contribution >= 0.6 is 11.6 Å². The average Bonchev–Trinajstić information content (AvgIpc) is 2.56. The lowest BCUT2D eigenvalue weighted by molar-refractivity contribution is 0.478. The summed E-state index contributed by atoms with van der Waals surface area (Å²) in [5.74, 6) is 1.94. The monoisotopic (exact) mass is 302 g/mol. The zero-order chi connectivity index (χ0) is 14.7. The van der Waals surface area contributed by atoms with Crippen LogP contribution in [0.15, 0.2) is 42.7 Å². The molecule has 0 unspecified atom stereocenters. The molecule has 1 aliphatic rings. The smallest absolute Gasteiger partial charge is 0.147 e. The van der Waals surface area contributed by atoms with Crippen molar-refractivity contribution in [3.05, 3.63) is 47.7 Å². The van der Waals surface area contributed by atoms with E-state index in [-0.39, 0.29) is 0 Å². The van der Waals surface area contributed by atoms with E-state index in [0.717, 1.165) is 42.6 Å². The maximum Gasteiger partial charge on any atom is 0.147 e. The summed E-state index contributed by atoms with van der Waals surface area (Å²) in [5.41, 5.74) is 0. The maximum absolute atomic E-state index is 6.23. The van der Waals surface area contributed by atoms with Gasteiger partial charge in [-0.3, -0.25) is 0 Å². The van der Waals surface area contributed by atoms with Crippen molar-refractivity contribution in [2.24, 2.45) is 0 Å². The zero-order valence-corrected chi connectivity index (χ0v) is 12.9. The molecule has 21 heavy (non-hydrogen) atoms. The lowest BCUT2D eigenvalue weighted by atomic mass is 10.0. The predicted molar refractivity (Wildman–Crippen MR) is 87.1 cm³/mol. The lowest BCUT2D eigenvalue weighted by Gasteiger charge is -2.38. The first-order valence-corrected chi connectivity index (χ1v) is 7.63. The van der Waals surface area contributed by atoms with Crippen LogP contribution in [-0.4, -0.2) is 36.1 Å². The first-order chi connectivity index (χ1) is 10.3. The predicted octanol–water partition coefficient (Wildman–Crippen LogP) is 3.24. The summed E-state index contributed by atoms with van der Waals surface area (Å²) in [6, 6.07) is 10.3. The van der Waals surface area contributed by atoms with E-state index < -0.39 is 0 Å². The minimum absolute atomic E-state index is 0.513. The Balaban J connectivity index is 1.64. The van der Waals surface area contributed by atoms with Crippen LogP contribution in [-0.2, 0) is 0 Å². The van der Waals surface area contributed by atoms with E-state index in [2.05, 4.69) is 32.9 Å². The van der Waals surface area contributed by atoms with Crippen molar-refractivity contribution in [2.45, 2.75) is 18.9 Å². The number of aromatic nitrogens is 2. The van der Waals surface area contributed by atoms with Crippen LogP contribution in [0.3, 0.4) is 0 Å². The van der Waals surface area contributed by atoms with E-state index in [1.807, 2.05) is 30.5 Å². The van der Waals surface area contributed by atoms with E-state index in [1.54, 1.807) is 6.20 Å². The van der Waals surface area contributed by atoms with Crippen LogP contribution in [0.2, 0.25) is 5.02 Å². The highest BCUT2D eigenvalue weighted by Gasteiger charge is 2.24. The van der Waals surface area contributed by atoms with Gasteiger partial charge in [-0.1, -0.05) is 17.7 Å². The fourth-order valence-electron chi connectivity index (χ4n) is 2.82. The Morgan fingerprint density at radius 3 is 2.52 bits per heavy atom. The topological polar surface area (TPSA) is 32.3 Å². The second kappa shape index (κ2) is 6.31. The zero-order valence-electron chi connectivity index (χ0n) is 12.1. The highest BCUT2D eigenvalue weighted by atomic mass is 35.5. The third kappa shape index (κ3) is 3.10. The molecule has 5 heteroatoms. The fraction of sp³-hybridized carbons (Fsp3) is 0.375. The lowest BCUT2D eigenvalue weighted by Crippen LogP contribution is -2.44. The summed E-state index contributed by atoms with van der Waals surface area (Å²) < 4.78 is 0. The Hall–Kier alpha value is -1.81. The van der Waals surface area contributed by atoms with E-state index in [0.29, 0.717) is 6.04 Å². The molecule has 110 valence electrons. The van der Waals surface area contributed by atoms with Gasteiger partial charge in [0, 0.05) is 38.6 Å². The van der Waals surface area contributed by atoms with Gasteiger partial charge in [0.25, 0.3) is 0 Å². The Morgan fingerprint density at radius 1 is 1.10 bits per heavy atom. The van der Waals surface area contributed by atoms with Crippen molar-refractivity contribution in [2.75, 3.05) is 29.9 Å². The third-order valence-electron chi connectivity index (χ3n) is 4.06. The van der Waals surface area contributed by atoms with Crippen LogP contribution in [0, 0.1) is 0 Å². The Labute approximate surface area is 130 Å². The van der Waals surface area contributed by atoms with Gasteiger partial charge in [-0.25, -0.2) is 9.97 Å². The van der Waals surface area contributed by atoms with Gasteiger partial charge in [-0.2, -0.15) is 0 Å². The van der Waals surface area contributed by atoms with E-state index in [9.17, 15) is 0 Å². The highest BCUT2D eigenvalue weighted by molar-refractivity contribution is 6.32. The Bertz CT molecular complexity index is 582. The third-order valence-corrected chi connectivity index (χ3v) is 4.36. The number of anilines is 2. The SMILES string of the molecule is CN(c1ccccn1)C1CCN(c2ncccc2Cl)CC1. The fourth-order valence-corrected chi connectivity index (χ4v) is 3.07. The van der Waals surface area contributed by atoms with Crippen molar-refractivity contribution in [1.29, 1.82) is 0 Å². The van der Waals surface area contributed by atoms with Gasteiger partial charge in [0.1, 0.15) is 11.6 Å². The van der Waals surface area contributed by atoms with Gasteiger partial charge in [-0.15, -0.1) is 0 Å². The summed E-state index contributed by atoms with van der Waals surface area (Å²) in [6.45, 7) is 1.94. The molecular weight excluding hydrogens is 284 g/mol. The number of rotatable bonds is 3. The number of hydrogen-bond acceptors (Lipinski definition) is 4. The first-order valence-electron chi connectivity index (χ1n) is 7.25. The van der Waals surface area contributed by atoms with Gasteiger partial charge in [0.2, 0.25) is 0 Å². The normalized spacial score (nSPS) is 16.0. The van der Waals surface area contributed by atoms with Gasteiger partial charge in [-0.05, 0) is 37.1 Å². The van der Waals surface area contributed by atoms with Crippen molar-refractivity contribution in [3.63, 3.8) is 0 Å². The van der Waals surface area contributed by atoms with E-state index in [4.69, 9.17) is 11.6 Å². The molecule has 0 spiro atoms. The summed E-state index contributed by atoms with van der Waals surface area (Å²) in [6.07, 6.45) is 5.81. The molecule has 4 nitrogen and oxygen atoms in total. The second-order valence-electron chi connectivity index (χ2n) is 5.33. The molecule has 3 heterocycles. The number of nitrogens with zero attached hydrogens (tertiary/aromatic N) is 4. The Kier molecular flexibility index (Phi) is 4.25. The summed E-state index contributed by atoms with van der Waals surface area (Å²) >= 11 is 6.23. The highest BCUT2D eigenvalue weighted by Crippen LogP contribution is 2.27. The molecule has 0 aromatic carbocycles. The number of halogens is 1. The summed E-state index contributed by atoms with van der Waals surface area (Å²) in [5, 5.41) is 0.731. The van der Waals surface area contributed by atoms with Crippen molar-refractivity contribution < 1.29 is 0 Å². The standard InChI is InChI=1S/C16H19ClN4/c1-20(15-6-2-3-9-18-15)13-7-11-21(12-8-13)16-14(17)5-4-10-19-16/h2-6,9-10,13H,7-8,11-12H2,1H3. The number of piperidine rings is 1. The van der Waals surface area contributed by atoms with Crippen LogP contribution in [0.4, 0.5) is 11.6 Å². The molecule has 0 bridgehead atoms. The average molecular weight is 303 g/mol. The second-order valence-corrected chi connectivity index (χ2v) is 5.73. The molecule has 1 aliphatic heterocycles. The minimum atomic E-state index is 0.513. The molecular formula is C16H19ClN4. The molecule has 0 amide bonds. The van der Waals surface area contributed by atoms with Crippen LogP contribution in [0.5, 0.6) is 0 Å². The van der Waals surface area contributed by atoms with Crippen molar-refractivity contribution >= 4 is 23.2 Å². The van der Waals surface area contributed by atoms with Gasteiger partial charge >= 0.3 is 0 Å². The summed E-state index contributed by atoms with van der Waals surface area (Å²) in [4.78, 5) is 13.4.